The van der Waals surface area contributed by atoms with Crippen LogP contribution in [0.25, 0.3) is 0 Å². The Labute approximate surface area is 433 Å². The molecule has 16 nitrogen and oxygen atoms in total. The first-order chi connectivity index (χ1) is 34.6. The summed E-state index contributed by atoms with van der Waals surface area (Å²) in [5.41, 5.74) is 4.51. The monoisotopic (exact) mass is 1020 g/mol. The number of nitrogens with one attached hydrogen (secondary N) is 4. The van der Waals surface area contributed by atoms with Gasteiger partial charge in [0.15, 0.2) is 5.72 Å². The summed E-state index contributed by atoms with van der Waals surface area (Å²) in [6.45, 7) is 19.0. The smallest absolute Gasteiger partial charge is 0.325 e. The number of rotatable bonds is 12. The van der Waals surface area contributed by atoms with Crippen molar-refractivity contribution in [3.63, 3.8) is 0 Å². The fourth-order valence-electron chi connectivity index (χ4n) is 10.4. The zero-order chi connectivity index (χ0) is 53.7. The summed E-state index contributed by atoms with van der Waals surface area (Å²) < 4.78 is 12.9. The van der Waals surface area contributed by atoms with Gasteiger partial charge in [0, 0.05) is 49.5 Å². The number of hydrogen-bond acceptors (Lipinski definition) is 12. The molecular weight excluding hydrogens is 931 g/mol. The number of aromatic hydroxyl groups is 1. The van der Waals surface area contributed by atoms with Gasteiger partial charge in [-0.1, -0.05) is 116 Å². The quantitative estimate of drug-likeness (QED) is 0.0684. The lowest BCUT2D eigenvalue weighted by Gasteiger charge is -2.51. The number of cyclic esters (lactones) is 1. The van der Waals surface area contributed by atoms with Gasteiger partial charge >= 0.3 is 5.97 Å². The van der Waals surface area contributed by atoms with E-state index < -0.39 is 89.7 Å². The number of aliphatic hydroxyl groups excluding tert-OH is 3. The third-order valence-electron chi connectivity index (χ3n) is 15.6. The molecule has 15 atom stereocenters. The molecule has 1 spiro atoms. The second-order valence-corrected chi connectivity index (χ2v) is 21.6. The molecule has 2 bridgehead atoms. The van der Waals surface area contributed by atoms with E-state index in [4.69, 9.17) is 9.47 Å². The number of nitrogens with zero attached hydrogens (tertiary/aromatic N) is 1. The molecule has 1 aromatic carbocycles. The SMILES string of the molecule is CCC1CC(C)C2(NC1=O)OC(CC(O)C(C)CCC=CC=C(C)C1CC=CC=CC(O)C(C)C(O)C(C)C(=O)NC(C(C)C)C(=O)NC(Cc3cccc(O)c3)C(=O)N3CCCC(N3)C(=O)O1)C(C)C=C2C. The summed E-state index contributed by atoms with van der Waals surface area (Å²) in [4.78, 5) is 69.0. The number of piperidine rings is 1. The van der Waals surface area contributed by atoms with Crippen molar-refractivity contribution >= 4 is 29.6 Å². The average Bonchev–Trinajstić information content (AvgIpc) is 3.35. The lowest BCUT2D eigenvalue weighted by atomic mass is 9.75. The Morgan fingerprint density at radius 3 is 2.44 bits per heavy atom. The van der Waals surface area contributed by atoms with Gasteiger partial charge < -0.3 is 45.9 Å². The first kappa shape index (κ1) is 58.8. The molecule has 404 valence electrons. The molecular formula is C57H85N5O11. The van der Waals surface area contributed by atoms with Gasteiger partial charge in [0.2, 0.25) is 17.7 Å². The summed E-state index contributed by atoms with van der Waals surface area (Å²) in [7, 11) is 0. The second-order valence-electron chi connectivity index (χ2n) is 21.6. The molecule has 0 saturated carbocycles. The summed E-state index contributed by atoms with van der Waals surface area (Å²) in [6, 6.07) is 3.17. The van der Waals surface area contributed by atoms with Crippen LogP contribution in [-0.2, 0) is 39.9 Å². The highest BCUT2D eigenvalue weighted by Crippen LogP contribution is 2.43. The van der Waals surface area contributed by atoms with Crippen molar-refractivity contribution in [2.75, 3.05) is 6.54 Å². The van der Waals surface area contributed by atoms with E-state index in [-0.39, 0.29) is 60.8 Å². The number of allylic oxidation sites excluding steroid dienone is 5. The summed E-state index contributed by atoms with van der Waals surface area (Å²) in [5.74, 6) is -4.48. The number of phenolic OH excluding ortho intramolecular Hbond substituents is 1. The molecule has 4 heterocycles. The Morgan fingerprint density at radius 2 is 1.74 bits per heavy atom. The number of phenols is 1. The van der Waals surface area contributed by atoms with Crippen molar-refractivity contribution in [2.45, 2.75) is 181 Å². The van der Waals surface area contributed by atoms with Gasteiger partial charge in [0.25, 0.3) is 5.91 Å². The maximum absolute atomic E-state index is 14.4. The number of fused-ring (bicyclic) bond motifs is 2. The van der Waals surface area contributed by atoms with E-state index in [1.165, 1.54) is 30.1 Å². The number of benzene rings is 1. The number of ether oxygens (including phenoxy) is 2. The van der Waals surface area contributed by atoms with Crippen LogP contribution in [0.5, 0.6) is 5.75 Å². The van der Waals surface area contributed by atoms with E-state index in [0.29, 0.717) is 37.7 Å². The van der Waals surface area contributed by atoms with Gasteiger partial charge in [-0.2, -0.15) is 0 Å². The predicted octanol–water partition coefficient (Wildman–Crippen LogP) is 6.01. The van der Waals surface area contributed by atoms with E-state index in [2.05, 4.69) is 41.3 Å². The first-order valence-electron chi connectivity index (χ1n) is 26.6. The minimum atomic E-state index is -1.28. The normalized spacial score (nSPS) is 33.6. The van der Waals surface area contributed by atoms with Crippen molar-refractivity contribution in [3.8, 4) is 5.75 Å². The molecule has 4 amide bonds. The Kier molecular flexibility index (Phi) is 21.6. The van der Waals surface area contributed by atoms with Crippen molar-refractivity contribution in [3.05, 3.63) is 89.6 Å². The molecule has 1 aromatic rings. The highest BCUT2D eigenvalue weighted by molar-refractivity contribution is 5.93. The van der Waals surface area contributed by atoms with Crippen LogP contribution in [0.2, 0.25) is 0 Å². The fourth-order valence-corrected chi connectivity index (χ4v) is 10.4. The van der Waals surface area contributed by atoms with E-state index in [1.54, 1.807) is 51.1 Å². The number of amides is 4. The minimum Gasteiger partial charge on any atom is -0.508 e. The first-order valence-corrected chi connectivity index (χ1v) is 26.6. The maximum Gasteiger partial charge on any atom is 0.325 e. The standard InChI is InChI=1S/C57H85N5O11/c1-11-42-29-38(8)57(60-53(42)68)37(7)28-36(6)49(73-57)32-47(65)34(4)20-14-12-15-21-35(5)48-26-17-13-16-25-46(64)39(9)51(66)40(10)52(67)59-50(33(2)3)54(69)58-45(31-41-22-18-23-43(63)30-41)55(70)62-27-19-24-44(61-62)56(71)72-48/h12-13,15-18,21-23,25,28,30,33-34,36,38-40,42,44-51,61,63-66H,11,14,19-20,24,26-27,29,31-32H2,1-10H3,(H,58,69)(H,59,67)(H,60,68). The van der Waals surface area contributed by atoms with E-state index >= 15 is 0 Å². The maximum atomic E-state index is 14.4. The molecule has 0 radical (unpaired) electrons. The highest BCUT2D eigenvalue weighted by atomic mass is 16.5. The minimum absolute atomic E-state index is 0.0117. The largest absolute Gasteiger partial charge is 0.508 e. The van der Waals surface area contributed by atoms with Crippen molar-refractivity contribution in [1.29, 1.82) is 0 Å². The zero-order valence-electron chi connectivity index (χ0n) is 44.8. The number of carbonyl (C=O) groups excluding carboxylic acids is 5. The second kappa shape index (κ2) is 26.9. The number of hydrogen-bond donors (Lipinski definition) is 8. The molecule has 5 rings (SSSR count). The highest BCUT2D eigenvalue weighted by Gasteiger charge is 2.51. The molecule has 2 fully saturated rings. The van der Waals surface area contributed by atoms with Crippen molar-refractivity contribution in [2.24, 2.45) is 41.4 Å². The molecule has 16 heteroatoms. The van der Waals surface area contributed by atoms with Crippen LogP contribution in [0.4, 0.5) is 0 Å². The van der Waals surface area contributed by atoms with Crippen LogP contribution in [0.15, 0.2) is 84.0 Å². The van der Waals surface area contributed by atoms with Crippen molar-refractivity contribution < 1.29 is 53.9 Å². The molecule has 4 aliphatic heterocycles. The summed E-state index contributed by atoms with van der Waals surface area (Å²) >= 11 is 0. The molecule has 4 aliphatic rings. The molecule has 15 unspecified atom stereocenters. The lowest BCUT2D eigenvalue weighted by molar-refractivity contribution is -0.179. The van der Waals surface area contributed by atoms with Crippen LogP contribution in [0.1, 0.15) is 126 Å². The number of esters is 1. The van der Waals surface area contributed by atoms with Gasteiger partial charge in [-0.15, -0.1) is 0 Å². The Hall–Kier alpha value is -5.13. The van der Waals surface area contributed by atoms with Crippen LogP contribution >= 0.6 is 0 Å². The van der Waals surface area contributed by atoms with Gasteiger partial charge in [-0.05, 0) is 93.1 Å². The summed E-state index contributed by atoms with van der Waals surface area (Å²) in [6.07, 6.45) is 15.0. The van der Waals surface area contributed by atoms with E-state index in [1.807, 2.05) is 45.9 Å². The third-order valence-corrected chi connectivity index (χ3v) is 15.6. The number of hydrazine groups is 1. The molecule has 73 heavy (non-hydrogen) atoms. The number of aliphatic hydroxyl groups is 3. The average molecular weight is 1020 g/mol. The Morgan fingerprint density at radius 1 is 1.00 bits per heavy atom. The van der Waals surface area contributed by atoms with Crippen LogP contribution < -0.4 is 21.4 Å². The Balaban J connectivity index is 1.31. The van der Waals surface area contributed by atoms with E-state index in [9.17, 15) is 44.4 Å². The summed E-state index contributed by atoms with van der Waals surface area (Å²) in [5, 5.41) is 54.0. The molecule has 8 N–H and O–H groups in total. The topological polar surface area (TPSA) is 236 Å². The molecule has 0 aliphatic carbocycles. The third kappa shape index (κ3) is 15.5. The lowest BCUT2D eigenvalue weighted by Crippen LogP contribution is -2.64. The Bertz CT molecular complexity index is 2220. The van der Waals surface area contributed by atoms with Crippen molar-refractivity contribution in [1.82, 2.24) is 26.4 Å². The predicted molar refractivity (Wildman–Crippen MR) is 280 cm³/mol. The van der Waals surface area contributed by atoms with Crippen LogP contribution in [0.3, 0.4) is 0 Å². The van der Waals surface area contributed by atoms with Gasteiger partial charge in [-0.3, -0.25) is 29.0 Å². The van der Waals surface area contributed by atoms with Gasteiger partial charge in [0.1, 0.15) is 30.0 Å². The zero-order valence-corrected chi connectivity index (χ0v) is 44.8. The number of carbonyl (C=O) groups is 5. The molecule has 0 aromatic heterocycles. The van der Waals surface area contributed by atoms with E-state index in [0.717, 1.165) is 24.0 Å². The van der Waals surface area contributed by atoms with Crippen LogP contribution in [-0.4, -0.2) is 116 Å². The fraction of sp³-hybridized carbons (Fsp3) is 0.632. The van der Waals surface area contributed by atoms with Gasteiger partial charge in [0.05, 0.1) is 30.3 Å². The van der Waals surface area contributed by atoms with Gasteiger partial charge in [-0.25, -0.2) is 5.43 Å². The van der Waals surface area contributed by atoms with Crippen LogP contribution in [0, 0.1) is 41.4 Å². The molecule has 2 saturated heterocycles.